The van der Waals surface area contributed by atoms with Crippen molar-refractivity contribution in [3.8, 4) is 6.07 Å². The fourth-order valence-electron chi connectivity index (χ4n) is 2.39. The zero-order valence-electron chi connectivity index (χ0n) is 9.60. The van der Waals surface area contributed by atoms with Crippen LogP contribution in [-0.4, -0.2) is 9.55 Å². The summed E-state index contributed by atoms with van der Waals surface area (Å²) in [5.41, 5.74) is 2.82. The Morgan fingerprint density at radius 1 is 1.50 bits per heavy atom. The summed E-state index contributed by atoms with van der Waals surface area (Å²) in [5.74, 6) is -0.353. The fourth-order valence-corrected chi connectivity index (χ4v) is 2.39. The largest absolute Gasteiger partial charge is 0.323 e. The molecule has 4 heteroatoms. The summed E-state index contributed by atoms with van der Waals surface area (Å²) < 4.78 is 15.9. The Kier molecular flexibility index (Phi) is 2.27. The zero-order chi connectivity index (χ0) is 12.7. The summed E-state index contributed by atoms with van der Waals surface area (Å²) in [6.07, 6.45) is 4.11. The molecule has 1 aromatic carbocycles. The number of rotatable bonds is 1. The van der Waals surface area contributed by atoms with Crippen LogP contribution >= 0.6 is 0 Å². The van der Waals surface area contributed by atoms with Gasteiger partial charge in [0.15, 0.2) is 0 Å². The lowest BCUT2D eigenvalue weighted by molar-refractivity contribution is 0.554. The highest BCUT2D eigenvalue weighted by Gasteiger charge is 2.28. The molecular weight excluding hydrogens is 229 g/mol. The van der Waals surface area contributed by atoms with Gasteiger partial charge < -0.3 is 4.57 Å². The van der Waals surface area contributed by atoms with Crippen molar-refractivity contribution >= 4 is 5.57 Å². The van der Waals surface area contributed by atoms with Gasteiger partial charge in [-0.25, -0.2) is 9.37 Å². The topological polar surface area (TPSA) is 41.6 Å². The molecule has 3 rings (SSSR count). The second-order valence-corrected chi connectivity index (χ2v) is 4.36. The maximum atomic E-state index is 14.0. The van der Waals surface area contributed by atoms with Crippen LogP contribution in [0.25, 0.3) is 5.57 Å². The predicted octanol–water partition coefficient (Wildman–Crippen LogP) is 2.90. The van der Waals surface area contributed by atoms with Crippen LogP contribution in [0.15, 0.2) is 37.3 Å². The lowest BCUT2D eigenvalue weighted by Gasteiger charge is -2.13. The molecule has 1 atom stereocenters. The summed E-state index contributed by atoms with van der Waals surface area (Å²) in [6.45, 7) is 3.97. The van der Waals surface area contributed by atoms with Crippen LogP contribution < -0.4 is 0 Å². The number of nitriles is 1. The summed E-state index contributed by atoms with van der Waals surface area (Å²) in [6, 6.07) is 6.40. The van der Waals surface area contributed by atoms with Gasteiger partial charge in [-0.3, -0.25) is 0 Å². The fraction of sp³-hybridized carbons (Fsp3) is 0.143. The van der Waals surface area contributed by atoms with Crippen LogP contribution in [0.2, 0.25) is 0 Å². The number of halogens is 1. The molecule has 0 aliphatic carbocycles. The van der Waals surface area contributed by atoms with Gasteiger partial charge in [-0.05, 0) is 24.1 Å². The lowest BCUT2D eigenvalue weighted by atomic mass is 10.0. The Balaban J connectivity index is 2.09. The maximum absolute atomic E-state index is 14.0. The molecule has 0 fully saturated rings. The molecule has 0 saturated carbocycles. The van der Waals surface area contributed by atoms with Gasteiger partial charge in [0, 0.05) is 5.56 Å². The van der Waals surface area contributed by atoms with Gasteiger partial charge in [0.1, 0.15) is 5.82 Å². The zero-order valence-corrected chi connectivity index (χ0v) is 9.60. The Morgan fingerprint density at radius 2 is 2.33 bits per heavy atom. The van der Waals surface area contributed by atoms with Gasteiger partial charge in [-0.2, -0.15) is 5.26 Å². The molecule has 0 bridgehead atoms. The van der Waals surface area contributed by atoms with Gasteiger partial charge in [-0.1, -0.05) is 12.6 Å². The Bertz CT molecular complexity index is 679. The third kappa shape index (κ3) is 1.45. The van der Waals surface area contributed by atoms with E-state index in [4.69, 9.17) is 5.26 Å². The van der Waals surface area contributed by atoms with Crippen molar-refractivity contribution in [2.24, 2.45) is 0 Å². The third-order valence-electron chi connectivity index (χ3n) is 3.29. The lowest BCUT2D eigenvalue weighted by Crippen LogP contribution is -2.06. The van der Waals surface area contributed by atoms with E-state index in [1.165, 1.54) is 6.07 Å². The molecule has 1 aliphatic rings. The van der Waals surface area contributed by atoms with Gasteiger partial charge in [-0.15, -0.1) is 0 Å². The van der Waals surface area contributed by atoms with Crippen molar-refractivity contribution in [3.05, 3.63) is 59.9 Å². The van der Waals surface area contributed by atoms with Gasteiger partial charge in [0.05, 0.1) is 35.9 Å². The van der Waals surface area contributed by atoms with E-state index in [9.17, 15) is 4.39 Å². The molecule has 0 spiro atoms. The quantitative estimate of drug-likeness (QED) is 0.767. The van der Waals surface area contributed by atoms with Crippen molar-refractivity contribution in [2.45, 2.75) is 12.5 Å². The van der Waals surface area contributed by atoms with Gasteiger partial charge in [0.2, 0.25) is 0 Å². The second kappa shape index (κ2) is 3.81. The normalized spacial score (nSPS) is 17.6. The number of allylic oxidation sites excluding steroid dienone is 1. The van der Waals surface area contributed by atoms with E-state index < -0.39 is 0 Å². The third-order valence-corrected chi connectivity index (χ3v) is 3.29. The minimum absolute atomic E-state index is 0.109. The molecule has 1 aromatic heterocycles. The SMILES string of the molecule is C=C1CC(c2ccc(C#N)cc2F)n2cncc21. The van der Waals surface area contributed by atoms with Gasteiger partial charge in [0.25, 0.3) is 0 Å². The van der Waals surface area contributed by atoms with E-state index in [2.05, 4.69) is 11.6 Å². The van der Waals surface area contributed by atoms with Crippen LogP contribution in [0.1, 0.15) is 29.3 Å². The molecule has 1 unspecified atom stereocenters. The predicted molar refractivity (Wildman–Crippen MR) is 65.1 cm³/mol. The first kappa shape index (κ1) is 10.7. The van der Waals surface area contributed by atoms with Crippen molar-refractivity contribution in [1.29, 1.82) is 5.26 Å². The summed E-state index contributed by atoms with van der Waals surface area (Å²) in [7, 11) is 0. The van der Waals surface area contributed by atoms with Crippen LogP contribution in [-0.2, 0) is 0 Å². The number of fused-ring (bicyclic) bond motifs is 1. The van der Waals surface area contributed by atoms with E-state index in [1.54, 1.807) is 24.7 Å². The van der Waals surface area contributed by atoms with Crippen molar-refractivity contribution in [1.82, 2.24) is 9.55 Å². The summed E-state index contributed by atoms with van der Waals surface area (Å²) >= 11 is 0. The smallest absolute Gasteiger partial charge is 0.129 e. The van der Waals surface area contributed by atoms with Crippen LogP contribution in [0.3, 0.4) is 0 Å². The molecule has 0 N–H and O–H groups in total. The molecule has 18 heavy (non-hydrogen) atoms. The summed E-state index contributed by atoms with van der Waals surface area (Å²) in [5, 5.41) is 8.74. The standard InChI is InChI=1S/C14H10FN3/c1-9-4-13(18-8-17-7-14(9)18)11-3-2-10(6-16)5-12(11)15/h2-3,5,7-8,13H,1,4H2. The average Bonchev–Trinajstić information content (AvgIpc) is 2.94. The average molecular weight is 239 g/mol. The highest BCUT2D eigenvalue weighted by molar-refractivity contribution is 5.64. The number of imidazole rings is 1. The number of aromatic nitrogens is 2. The number of hydrogen-bond acceptors (Lipinski definition) is 2. The molecule has 0 saturated heterocycles. The second-order valence-electron chi connectivity index (χ2n) is 4.36. The molecule has 3 nitrogen and oxygen atoms in total. The minimum Gasteiger partial charge on any atom is -0.323 e. The Hall–Kier alpha value is -2.41. The monoisotopic (exact) mass is 239 g/mol. The number of benzene rings is 1. The van der Waals surface area contributed by atoms with Gasteiger partial charge >= 0.3 is 0 Å². The highest BCUT2D eigenvalue weighted by Crippen LogP contribution is 2.38. The highest BCUT2D eigenvalue weighted by atomic mass is 19.1. The summed E-state index contributed by atoms with van der Waals surface area (Å²) in [4.78, 5) is 4.06. The van der Waals surface area contributed by atoms with Crippen molar-refractivity contribution < 1.29 is 4.39 Å². The van der Waals surface area contributed by atoms with Crippen LogP contribution in [0.4, 0.5) is 4.39 Å². The number of hydrogen-bond donors (Lipinski definition) is 0. The maximum Gasteiger partial charge on any atom is 0.129 e. The van der Waals surface area contributed by atoms with E-state index in [1.807, 2.05) is 10.6 Å². The first-order valence-corrected chi connectivity index (χ1v) is 5.60. The molecule has 88 valence electrons. The molecular formula is C14H10FN3. The van der Waals surface area contributed by atoms with E-state index in [0.717, 1.165) is 11.3 Å². The Morgan fingerprint density at radius 3 is 3.06 bits per heavy atom. The Labute approximate surface area is 104 Å². The van der Waals surface area contributed by atoms with Crippen LogP contribution in [0, 0.1) is 17.1 Å². The van der Waals surface area contributed by atoms with E-state index in [-0.39, 0.29) is 11.9 Å². The molecule has 0 radical (unpaired) electrons. The number of nitrogens with zero attached hydrogens (tertiary/aromatic N) is 3. The first-order chi connectivity index (χ1) is 8.70. The molecule has 0 amide bonds. The molecule has 2 aromatic rings. The van der Waals surface area contributed by atoms with Crippen molar-refractivity contribution in [2.75, 3.05) is 0 Å². The van der Waals surface area contributed by atoms with Crippen molar-refractivity contribution in [3.63, 3.8) is 0 Å². The van der Waals surface area contributed by atoms with E-state index in [0.29, 0.717) is 17.5 Å². The van der Waals surface area contributed by atoms with E-state index >= 15 is 0 Å². The minimum atomic E-state index is -0.353. The molecule has 2 heterocycles. The molecule has 1 aliphatic heterocycles. The first-order valence-electron chi connectivity index (χ1n) is 5.60. The van der Waals surface area contributed by atoms with Crippen LogP contribution in [0.5, 0.6) is 0 Å².